The number of nitrogens with one attached hydrogen (secondary N) is 1. The number of carboxylic acids is 1. The van der Waals surface area contributed by atoms with Gasteiger partial charge in [-0.05, 0) is 42.2 Å². The number of carbonyl (C=O) groups excluding carboxylic acids is 2. The Morgan fingerprint density at radius 1 is 1.07 bits per heavy atom. The van der Waals surface area contributed by atoms with Gasteiger partial charge >= 0.3 is 5.97 Å². The third-order valence-electron chi connectivity index (χ3n) is 4.10. The van der Waals surface area contributed by atoms with Gasteiger partial charge in [-0.2, -0.15) is 0 Å². The SMILES string of the molecule is CCc1cc(NC(=O)C(CSC(C)=O)Cc2ccccc2)cc(C(=O)O)c1. The van der Waals surface area contributed by atoms with Crippen LogP contribution in [0, 0.1) is 5.92 Å². The van der Waals surface area contributed by atoms with E-state index in [1.807, 2.05) is 37.3 Å². The molecule has 0 aliphatic heterocycles. The van der Waals surface area contributed by atoms with Gasteiger partial charge < -0.3 is 10.4 Å². The summed E-state index contributed by atoms with van der Waals surface area (Å²) in [4.78, 5) is 35.5. The van der Waals surface area contributed by atoms with Crippen LogP contribution in [-0.2, 0) is 22.4 Å². The van der Waals surface area contributed by atoms with E-state index in [4.69, 9.17) is 0 Å². The molecule has 2 N–H and O–H groups in total. The van der Waals surface area contributed by atoms with E-state index in [-0.39, 0.29) is 16.6 Å². The fourth-order valence-electron chi connectivity index (χ4n) is 2.68. The van der Waals surface area contributed by atoms with Gasteiger partial charge in [0, 0.05) is 18.4 Å². The van der Waals surface area contributed by atoms with Crippen LogP contribution in [0.5, 0.6) is 0 Å². The van der Waals surface area contributed by atoms with Crippen molar-refractivity contribution in [1.29, 1.82) is 0 Å². The van der Waals surface area contributed by atoms with Crippen molar-refractivity contribution >= 4 is 34.4 Å². The minimum absolute atomic E-state index is 0.0398. The van der Waals surface area contributed by atoms with Crippen LogP contribution in [0.15, 0.2) is 48.5 Å². The molecule has 0 saturated heterocycles. The van der Waals surface area contributed by atoms with Crippen LogP contribution < -0.4 is 5.32 Å². The Bertz CT molecular complexity index is 820. The number of rotatable bonds is 8. The quantitative estimate of drug-likeness (QED) is 0.717. The minimum Gasteiger partial charge on any atom is -0.478 e. The molecular weight excluding hydrogens is 362 g/mol. The van der Waals surface area contributed by atoms with E-state index >= 15 is 0 Å². The fourth-order valence-corrected chi connectivity index (χ4v) is 3.39. The summed E-state index contributed by atoms with van der Waals surface area (Å²) in [6.45, 7) is 3.40. The molecule has 1 amide bonds. The summed E-state index contributed by atoms with van der Waals surface area (Å²) in [5.41, 5.74) is 2.45. The third-order valence-corrected chi connectivity index (χ3v) is 5.07. The van der Waals surface area contributed by atoms with Crippen molar-refractivity contribution in [1.82, 2.24) is 0 Å². The van der Waals surface area contributed by atoms with Gasteiger partial charge in [-0.1, -0.05) is 49.0 Å². The maximum atomic E-state index is 12.8. The van der Waals surface area contributed by atoms with Gasteiger partial charge in [0.05, 0.1) is 11.5 Å². The highest BCUT2D eigenvalue weighted by Gasteiger charge is 2.21. The average molecular weight is 385 g/mol. The lowest BCUT2D eigenvalue weighted by Gasteiger charge is -2.17. The smallest absolute Gasteiger partial charge is 0.335 e. The van der Waals surface area contributed by atoms with Crippen LogP contribution >= 0.6 is 11.8 Å². The van der Waals surface area contributed by atoms with Gasteiger partial charge in [-0.3, -0.25) is 9.59 Å². The van der Waals surface area contributed by atoms with Crippen molar-refractivity contribution in [2.75, 3.05) is 11.1 Å². The van der Waals surface area contributed by atoms with E-state index in [1.54, 1.807) is 12.1 Å². The average Bonchev–Trinajstić information content (AvgIpc) is 2.65. The maximum Gasteiger partial charge on any atom is 0.335 e. The molecule has 2 aromatic carbocycles. The normalized spacial score (nSPS) is 11.6. The van der Waals surface area contributed by atoms with Crippen molar-refractivity contribution in [3.8, 4) is 0 Å². The van der Waals surface area contributed by atoms with Gasteiger partial charge in [-0.25, -0.2) is 4.79 Å². The summed E-state index contributed by atoms with van der Waals surface area (Å²) in [5.74, 6) is -1.29. The number of hydrogen-bond donors (Lipinski definition) is 2. The summed E-state index contributed by atoms with van der Waals surface area (Å²) >= 11 is 1.12. The highest BCUT2D eigenvalue weighted by molar-refractivity contribution is 8.13. The van der Waals surface area contributed by atoms with Gasteiger partial charge in [0.15, 0.2) is 5.12 Å². The zero-order chi connectivity index (χ0) is 19.8. The Hall–Kier alpha value is -2.60. The number of carbonyl (C=O) groups is 3. The molecule has 142 valence electrons. The molecule has 0 aliphatic carbocycles. The molecule has 1 atom stereocenters. The van der Waals surface area contributed by atoms with E-state index in [0.29, 0.717) is 24.3 Å². The van der Waals surface area contributed by atoms with E-state index in [9.17, 15) is 19.5 Å². The molecule has 5 nitrogen and oxygen atoms in total. The van der Waals surface area contributed by atoms with E-state index in [1.165, 1.54) is 13.0 Å². The number of anilines is 1. The molecule has 1 unspecified atom stereocenters. The molecule has 27 heavy (non-hydrogen) atoms. The van der Waals surface area contributed by atoms with Gasteiger partial charge in [0.25, 0.3) is 0 Å². The second-order valence-electron chi connectivity index (χ2n) is 6.26. The van der Waals surface area contributed by atoms with Gasteiger partial charge in [0.2, 0.25) is 5.91 Å². The first-order valence-electron chi connectivity index (χ1n) is 8.74. The first-order valence-corrected chi connectivity index (χ1v) is 9.73. The van der Waals surface area contributed by atoms with Gasteiger partial charge in [0.1, 0.15) is 0 Å². The highest BCUT2D eigenvalue weighted by atomic mass is 32.2. The van der Waals surface area contributed by atoms with Crippen LogP contribution in [0.1, 0.15) is 35.3 Å². The molecule has 2 aromatic rings. The number of aryl methyl sites for hydroxylation is 1. The molecule has 6 heteroatoms. The minimum atomic E-state index is -1.03. The maximum absolute atomic E-state index is 12.8. The second-order valence-corrected chi connectivity index (χ2v) is 7.45. The molecule has 0 heterocycles. The van der Waals surface area contributed by atoms with Crippen LogP contribution in [0.3, 0.4) is 0 Å². The number of hydrogen-bond acceptors (Lipinski definition) is 4. The fraction of sp³-hybridized carbons (Fsp3) is 0.286. The lowest BCUT2D eigenvalue weighted by Crippen LogP contribution is -2.27. The molecule has 2 rings (SSSR count). The number of amides is 1. The predicted molar refractivity (Wildman–Crippen MR) is 108 cm³/mol. The Morgan fingerprint density at radius 3 is 2.37 bits per heavy atom. The summed E-state index contributed by atoms with van der Waals surface area (Å²) in [7, 11) is 0. The Labute approximate surface area is 163 Å². The zero-order valence-corrected chi connectivity index (χ0v) is 16.2. The summed E-state index contributed by atoms with van der Waals surface area (Å²) < 4.78 is 0. The first kappa shape index (κ1) is 20.7. The number of thioether (sulfide) groups is 1. The third kappa shape index (κ3) is 6.57. The number of benzene rings is 2. The van der Waals surface area contributed by atoms with E-state index in [0.717, 1.165) is 22.9 Å². The second kappa shape index (κ2) is 9.92. The van der Waals surface area contributed by atoms with Crippen molar-refractivity contribution in [3.05, 3.63) is 65.2 Å². The summed E-state index contributed by atoms with van der Waals surface area (Å²) in [5, 5.41) is 12.0. The van der Waals surface area contributed by atoms with Crippen LogP contribution in [0.2, 0.25) is 0 Å². The molecule has 0 saturated carbocycles. The number of carboxylic acid groups (broad SMARTS) is 1. The monoisotopic (exact) mass is 385 g/mol. The molecule has 0 radical (unpaired) electrons. The lowest BCUT2D eigenvalue weighted by molar-refractivity contribution is -0.119. The van der Waals surface area contributed by atoms with Gasteiger partial charge in [-0.15, -0.1) is 0 Å². The largest absolute Gasteiger partial charge is 0.478 e. The summed E-state index contributed by atoms with van der Waals surface area (Å²) in [6.07, 6.45) is 1.17. The van der Waals surface area contributed by atoms with Crippen molar-refractivity contribution in [2.24, 2.45) is 5.92 Å². The van der Waals surface area contributed by atoms with Crippen LogP contribution in [0.25, 0.3) is 0 Å². The lowest BCUT2D eigenvalue weighted by atomic mass is 10.00. The van der Waals surface area contributed by atoms with Crippen molar-refractivity contribution in [2.45, 2.75) is 26.7 Å². The molecule has 0 spiro atoms. The molecule has 0 aliphatic rings. The highest BCUT2D eigenvalue weighted by Crippen LogP contribution is 2.20. The van der Waals surface area contributed by atoms with Crippen LogP contribution in [0.4, 0.5) is 5.69 Å². The predicted octanol–water partition coefficient (Wildman–Crippen LogP) is 4.02. The van der Waals surface area contributed by atoms with E-state index < -0.39 is 11.9 Å². The van der Waals surface area contributed by atoms with Crippen molar-refractivity contribution < 1.29 is 19.5 Å². The molecule has 0 fully saturated rings. The Kier molecular flexibility index (Phi) is 7.61. The van der Waals surface area contributed by atoms with Crippen molar-refractivity contribution in [3.63, 3.8) is 0 Å². The summed E-state index contributed by atoms with van der Waals surface area (Å²) in [6, 6.07) is 14.5. The topological polar surface area (TPSA) is 83.5 Å². The van der Waals surface area contributed by atoms with E-state index in [2.05, 4.69) is 5.32 Å². The first-order chi connectivity index (χ1) is 12.9. The Balaban J connectivity index is 2.20. The zero-order valence-electron chi connectivity index (χ0n) is 15.4. The van der Waals surface area contributed by atoms with Crippen LogP contribution in [-0.4, -0.2) is 27.9 Å². The molecule has 0 aromatic heterocycles. The number of aromatic carboxylic acids is 1. The molecular formula is C21H23NO4S. The molecule has 0 bridgehead atoms. The Morgan fingerprint density at radius 2 is 1.78 bits per heavy atom. The standard InChI is InChI=1S/C21H23NO4S/c1-3-15-9-17(21(25)26)12-19(11-15)22-20(24)18(13-27-14(2)23)10-16-7-5-4-6-8-16/h4-9,11-12,18H,3,10,13H2,1-2H3,(H,22,24)(H,25,26).